The first-order valence-corrected chi connectivity index (χ1v) is 21.6. The molecular formula is C54H36N2Si. The number of fused-ring (bicyclic) bond motifs is 6. The quantitative estimate of drug-likeness (QED) is 0.125. The van der Waals surface area contributed by atoms with E-state index in [1.807, 2.05) is 6.07 Å². The van der Waals surface area contributed by atoms with Gasteiger partial charge in [0.1, 0.15) is 0 Å². The van der Waals surface area contributed by atoms with Crippen LogP contribution in [0.4, 0.5) is 0 Å². The van der Waals surface area contributed by atoms with Crippen LogP contribution < -0.4 is 20.7 Å². The lowest BCUT2D eigenvalue weighted by molar-refractivity contribution is 1.36. The maximum absolute atomic E-state index is 5.18. The van der Waals surface area contributed by atoms with Crippen molar-refractivity contribution in [2.75, 3.05) is 0 Å². The Morgan fingerprint density at radius 3 is 1.25 bits per heavy atom. The van der Waals surface area contributed by atoms with Crippen molar-refractivity contribution in [3.8, 4) is 55.9 Å². The Labute approximate surface area is 333 Å². The molecule has 0 atom stereocenters. The number of benzene rings is 8. The molecule has 0 amide bonds. The SMILES string of the molecule is c1ccc(-c2ccc3ccc4ccc(-c5ccc(-c6ccc(-c7ccc8c(c7)-c7ccccc7[Si]8(c7ccccc7)c7ccccc7)cc6)cc5)nc4c3n2)cc1. The van der Waals surface area contributed by atoms with E-state index in [1.54, 1.807) is 0 Å². The van der Waals surface area contributed by atoms with Gasteiger partial charge >= 0.3 is 0 Å². The van der Waals surface area contributed by atoms with Crippen LogP contribution >= 0.6 is 0 Å². The molecule has 3 heterocycles. The van der Waals surface area contributed by atoms with Gasteiger partial charge in [-0.1, -0.05) is 200 Å². The molecule has 266 valence electrons. The number of hydrogen-bond acceptors (Lipinski definition) is 2. The second-order valence-electron chi connectivity index (χ2n) is 14.9. The third kappa shape index (κ3) is 5.47. The standard InChI is InChI=1S/C54H36N2Si/c1-4-12-40(13-5-1)49-33-30-42-28-29-43-31-34-50(56-54(43)53(42)55-49)41-26-24-38(25-27-41)37-20-22-39(23-21-37)44-32-35-52-48(36-44)47-18-10-11-19-51(47)57(52,45-14-6-2-7-15-45)46-16-8-3-9-17-46/h1-36H. The molecule has 2 aromatic heterocycles. The van der Waals surface area contributed by atoms with Crippen LogP contribution in [0.3, 0.4) is 0 Å². The van der Waals surface area contributed by atoms with Crippen molar-refractivity contribution in [3.63, 3.8) is 0 Å². The van der Waals surface area contributed by atoms with Gasteiger partial charge in [-0.15, -0.1) is 0 Å². The average Bonchev–Trinajstić information content (AvgIpc) is 3.60. The number of rotatable bonds is 6. The zero-order chi connectivity index (χ0) is 37.8. The van der Waals surface area contributed by atoms with Crippen molar-refractivity contribution in [2.24, 2.45) is 0 Å². The molecule has 11 rings (SSSR count). The predicted octanol–water partition coefficient (Wildman–Crippen LogP) is 10.8. The van der Waals surface area contributed by atoms with E-state index in [-0.39, 0.29) is 0 Å². The van der Waals surface area contributed by atoms with E-state index in [4.69, 9.17) is 9.97 Å². The topological polar surface area (TPSA) is 25.8 Å². The molecule has 0 unspecified atom stereocenters. The van der Waals surface area contributed by atoms with Crippen LogP contribution in [-0.2, 0) is 0 Å². The van der Waals surface area contributed by atoms with Crippen LogP contribution in [0.25, 0.3) is 77.7 Å². The van der Waals surface area contributed by atoms with Crippen molar-refractivity contribution < 1.29 is 0 Å². The summed E-state index contributed by atoms with van der Waals surface area (Å²) in [6, 6.07) is 79.5. The van der Waals surface area contributed by atoms with Crippen molar-refractivity contribution in [2.45, 2.75) is 0 Å². The molecule has 0 saturated carbocycles. The third-order valence-corrected chi connectivity index (χ3v) is 16.7. The Bertz CT molecular complexity index is 3050. The van der Waals surface area contributed by atoms with Crippen LogP contribution in [0.2, 0.25) is 0 Å². The summed E-state index contributed by atoms with van der Waals surface area (Å²) in [5, 5.41) is 7.94. The van der Waals surface area contributed by atoms with Gasteiger partial charge in [-0.25, -0.2) is 9.97 Å². The lowest BCUT2D eigenvalue weighted by Gasteiger charge is -2.31. The Morgan fingerprint density at radius 2 is 0.684 bits per heavy atom. The lowest BCUT2D eigenvalue weighted by atomic mass is 9.96. The van der Waals surface area contributed by atoms with Crippen molar-refractivity contribution >= 4 is 50.6 Å². The van der Waals surface area contributed by atoms with E-state index in [0.717, 1.165) is 44.3 Å². The maximum atomic E-state index is 5.18. The molecule has 2 nitrogen and oxygen atoms in total. The van der Waals surface area contributed by atoms with Crippen molar-refractivity contribution in [1.29, 1.82) is 0 Å². The van der Waals surface area contributed by atoms with Gasteiger partial charge in [0, 0.05) is 21.9 Å². The lowest BCUT2D eigenvalue weighted by Crippen LogP contribution is -2.72. The highest BCUT2D eigenvalue weighted by molar-refractivity contribution is 7.22. The molecule has 0 radical (unpaired) electrons. The summed E-state index contributed by atoms with van der Waals surface area (Å²) in [6.07, 6.45) is 0. The monoisotopic (exact) mass is 740 g/mol. The minimum atomic E-state index is -2.48. The number of hydrogen-bond donors (Lipinski definition) is 0. The molecule has 10 aromatic rings. The highest BCUT2D eigenvalue weighted by Crippen LogP contribution is 2.34. The molecule has 0 spiro atoms. The van der Waals surface area contributed by atoms with Gasteiger partial charge in [-0.05, 0) is 72.3 Å². The van der Waals surface area contributed by atoms with Gasteiger partial charge in [0.05, 0.1) is 22.4 Å². The molecule has 57 heavy (non-hydrogen) atoms. The molecule has 0 fully saturated rings. The summed E-state index contributed by atoms with van der Waals surface area (Å²) in [5.74, 6) is 0. The largest absolute Gasteiger partial charge is 0.245 e. The zero-order valence-corrected chi connectivity index (χ0v) is 32.2. The summed E-state index contributed by atoms with van der Waals surface area (Å²) >= 11 is 0. The van der Waals surface area contributed by atoms with E-state index >= 15 is 0 Å². The Morgan fingerprint density at radius 1 is 0.281 bits per heavy atom. The molecule has 8 aromatic carbocycles. The van der Waals surface area contributed by atoms with E-state index in [1.165, 1.54) is 54.1 Å². The summed E-state index contributed by atoms with van der Waals surface area (Å²) < 4.78 is 0. The number of pyridine rings is 2. The van der Waals surface area contributed by atoms with E-state index in [0.29, 0.717) is 0 Å². The van der Waals surface area contributed by atoms with Crippen molar-refractivity contribution in [1.82, 2.24) is 9.97 Å². The molecule has 0 aliphatic carbocycles. The minimum Gasteiger partial charge on any atom is -0.245 e. The first kappa shape index (κ1) is 33.2. The fraction of sp³-hybridized carbons (Fsp3) is 0. The molecule has 1 aliphatic rings. The normalized spacial score (nSPS) is 12.7. The van der Waals surface area contributed by atoms with Crippen LogP contribution in [0.15, 0.2) is 218 Å². The van der Waals surface area contributed by atoms with Crippen LogP contribution in [-0.4, -0.2) is 18.0 Å². The van der Waals surface area contributed by atoms with Gasteiger partial charge in [-0.3, -0.25) is 0 Å². The second-order valence-corrected chi connectivity index (χ2v) is 18.6. The summed E-state index contributed by atoms with van der Waals surface area (Å²) in [4.78, 5) is 10.3. The second kappa shape index (κ2) is 13.5. The third-order valence-electron chi connectivity index (χ3n) is 11.8. The van der Waals surface area contributed by atoms with Gasteiger partial charge in [0.2, 0.25) is 0 Å². The molecular weight excluding hydrogens is 705 g/mol. The van der Waals surface area contributed by atoms with Crippen LogP contribution in [0.1, 0.15) is 0 Å². The number of nitrogens with zero attached hydrogens (tertiary/aromatic N) is 2. The summed E-state index contributed by atoms with van der Waals surface area (Å²) in [7, 11) is -2.48. The highest BCUT2D eigenvalue weighted by atomic mass is 28.3. The maximum Gasteiger partial charge on any atom is 0.180 e. The van der Waals surface area contributed by atoms with Gasteiger partial charge in [0.25, 0.3) is 0 Å². The first-order chi connectivity index (χ1) is 28.2. The van der Waals surface area contributed by atoms with Crippen LogP contribution in [0.5, 0.6) is 0 Å². The van der Waals surface area contributed by atoms with Crippen molar-refractivity contribution in [3.05, 3.63) is 218 Å². The van der Waals surface area contributed by atoms with Gasteiger partial charge in [-0.2, -0.15) is 0 Å². The molecule has 3 heteroatoms. The van der Waals surface area contributed by atoms with E-state index in [9.17, 15) is 0 Å². The Hall–Kier alpha value is -7.20. The highest BCUT2D eigenvalue weighted by Gasteiger charge is 2.48. The van der Waals surface area contributed by atoms with Gasteiger partial charge < -0.3 is 0 Å². The number of aromatic nitrogens is 2. The first-order valence-electron chi connectivity index (χ1n) is 19.6. The van der Waals surface area contributed by atoms with E-state index in [2.05, 4.69) is 212 Å². The smallest absolute Gasteiger partial charge is 0.180 e. The summed E-state index contributed by atoms with van der Waals surface area (Å²) in [5.41, 5.74) is 13.4. The fourth-order valence-corrected chi connectivity index (χ4v) is 14.2. The Kier molecular flexibility index (Phi) is 7.87. The molecule has 1 aliphatic heterocycles. The molecule has 0 saturated heterocycles. The molecule has 0 bridgehead atoms. The minimum absolute atomic E-state index is 0.922. The van der Waals surface area contributed by atoms with Gasteiger partial charge in [0.15, 0.2) is 8.07 Å². The Balaban J connectivity index is 0.915. The average molecular weight is 741 g/mol. The van der Waals surface area contributed by atoms with E-state index < -0.39 is 8.07 Å². The predicted molar refractivity (Wildman–Crippen MR) is 241 cm³/mol. The summed E-state index contributed by atoms with van der Waals surface area (Å²) in [6.45, 7) is 0. The molecule has 0 N–H and O–H groups in total. The van der Waals surface area contributed by atoms with Crippen LogP contribution in [0, 0.1) is 0 Å². The zero-order valence-electron chi connectivity index (χ0n) is 31.2. The fourth-order valence-electron chi connectivity index (χ4n) is 9.02.